The van der Waals surface area contributed by atoms with E-state index in [1.807, 2.05) is 0 Å². The molecule has 0 aromatic heterocycles. The van der Waals surface area contributed by atoms with Gasteiger partial charge >= 0.3 is 12.5 Å². The molecule has 1 fully saturated rings. The molecule has 1 aliphatic rings. The van der Waals surface area contributed by atoms with Gasteiger partial charge < -0.3 is 10.1 Å². The quantitative estimate of drug-likeness (QED) is 0.511. The summed E-state index contributed by atoms with van der Waals surface area (Å²) in [7, 11) is 0. The number of carbonyl (C=O) groups is 1. The molecule has 5 nitrogen and oxygen atoms in total. The number of alkyl halides is 4. The predicted octanol–water partition coefficient (Wildman–Crippen LogP) is 2.48. The van der Waals surface area contributed by atoms with Gasteiger partial charge in [-0.1, -0.05) is 23.9 Å². The number of ether oxygens (including phenoxy) is 1. The number of halogens is 4. The lowest BCUT2D eigenvalue weighted by atomic mass is 10.2. The first-order chi connectivity index (χ1) is 10.4. The third-order valence-electron chi connectivity index (χ3n) is 2.35. The highest BCUT2D eigenvalue weighted by Gasteiger charge is 2.44. The zero-order valence-corrected chi connectivity index (χ0v) is 11.6. The zero-order valence-electron chi connectivity index (χ0n) is 10.8. The maximum Gasteiger partial charge on any atom is 0.461 e. The molecule has 1 heterocycles. The van der Waals surface area contributed by atoms with Crippen LogP contribution in [0.3, 0.4) is 0 Å². The Morgan fingerprint density at radius 3 is 2.73 bits per heavy atom. The number of hydrogen-bond acceptors (Lipinski definition) is 5. The number of nitrogens with one attached hydrogen (secondary N) is 1. The molecule has 1 aliphatic heterocycles. The van der Waals surface area contributed by atoms with Gasteiger partial charge in [0.2, 0.25) is 5.91 Å². The largest absolute Gasteiger partial charge is 0.461 e. The second-order valence-electron chi connectivity index (χ2n) is 3.99. The van der Waals surface area contributed by atoms with E-state index in [2.05, 4.69) is 20.3 Å². The van der Waals surface area contributed by atoms with Gasteiger partial charge in [-0.05, 0) is 12.1 Å². The van der Waals surface area contributed by atoms with Gasteiger partial charge in [-0.3, -0.25) is 4.79 Å². The topological polar surface area (TPSA) is 63.0 Å². The fourth-order valence-electron chi connectivity index (χ4n) is 1.39. The van der Waals surface area contributed by atoms with Crippen LogP contribution >= 0.6 is 11.8 Å². The number of rotatable bonds is 5. The Hall–Kier alpha value is -2.10. The van der Waals surface area contributed by atoms with Gasteiger partial charge in [0.05, 0.1) is 12.0 Å². The second-order valence-corrected chi connectivity index (χ2v) is 4.95. The first kappa shape index (κ1) is 16.3. The Labute approximate surface area is 126 Å². The minimum atomic E-state index is -4.61. The summed E-state index contributed by atoms with van der Waals surface area (Å²) in [5.74, 6) is -0.464. The third kappa shape index (κ3) is 4.20. The Kier molecular flexibility index (Phi) is 5.01. The first-order valence-electron chi connectivity index (χ1n) is 5.86. The molecule has 2 rings (SSSR count). The molecule has 0 spiro atoms. The Bertz CT molecular complexity index is 622. The smallest absolute Gasteiger partial charge is 0.428 e. The van der Waals surface area contributed by atoms with E-state index in [-0.39, 0.29) is 22.4 Å². The molecule has 1 N–H and O–H groups in total. The maximum absolute atomic E-state index is 12.9. The Balaban J connectivity index is 2.13. The molecule has 1 aromatic rings. The summed E-state index contributed by atoms with van der Waals surface area (Å²) in [6, 6.07) is 5.30. The SMILES string of the molecule is O=C1CSC(=NN=Cc2ccccc2OC(F)(F)C(F)F)N1. The number of para-hydroxylation sites is 1. The van der Waals surface area contributed by atoms with Gasteiger partial charge in [0, 0.05) is 5.56 Å². The van der Waals surface area contributed by atoms with Crippen molar-refractivity contribution in [1.82, 2.24) is 5.32 Å². The summed E-state index contributed by atoms with van der Waals surface area (Å²) >= 11 is 1.13. The normalized spacial score (nSPS) is 17.5. The highest BCUT2D eigenvalue weighted by molar-refractivity contribution is 8.15. The highest BCUT2D eigenvalue weighted by atomic mass is 32.2. The third-order valence-corrected chi connectivity index (χ3v) is 3.21. The van der Waals surface area contributed by atoms with Crippen molar-refractivity contribution in [2.45, 2.75) is 12.5 Å². The van der Waals surface area contributed by atoms with Gasteiger partial charge in [0.1, 0.15) is 5.75 Å². The van der Waals surface area contributed by atoms with Crippen molar-refractivity contribution < 1.29 is 27.1 Å². The average molecular weight is 335 g/mol. The zero-order chi connectivity index (χ0) is 16.2. The van der Waals surface area contributed by atoms with Gasteiger partial charge in [-0.15, -0.1) is 5.10 Å². The Morgan fingerprint density at radius 1 is 1.36 bits per heavy atom. The number of benzene rings is 1. The molecule has 22 heavy (non-hydrogen) atoms. The van der Waals surface area contributed by atoms with Crippen LogP contribution in [0.1, 0.15) is 5.56 Å². The molecule has 0 saturated carbocycles. The minimum Gasteiger partial charge on any atom is -0.428 e. The molecule has 10 heteroatoms. The summed E-state index contributed by atoms with van der Waals surface area (Å²) < 4.78 is 54.2. The van der Waals surface area contributed by atoms with Crippen LogP contribution in [0.15, 0.2) is 34.5 Å². The van der Waals surface area contributed by atoms with Crippen LogP contribution in [0.2, 0.25) is 0 Å². The minimum absolute atomic E-state index is 0.0431. The molecule has 0 unspecified atom stereocenters. The van der Waals surface area contributed by atoms with Crippen LogP contribution < -0.4 is 10.1 Å². The van der Waals surface area contributed by atoms with Gasteiger partial charge in [0.15, 0.2) is 5.17 Å². The van der Waals surface area contributed by atoms with Gasteiger partial charge in [-0.2, -0.15) is 22.7 Å². The van der Waals surface area contributed by atoms with Gasteiger partial charge in [0.25, 0.3) is 0 Å². The summed E-state index contributed by atoms with van der Waals surface area (Å²) in [6.45, 7) is 0. The highest BCUT2D eigenvalue weighted by Crippen LogP contribution is 2.29. The van der Waals surface area contributed by atoms with E-state index in [4.69, 9.17) is 0 Å². The van der Waals surface area contributed by atoms with E-state index in [0.29, 0.717) is 0 Å². The number of thioether (sulfide) groups is 1. The Morgan fingerprint density at radius 2 is 2.09 bits per heavy atom. The van der Waals surface area contributed by atoms with Crippen molar-refractivity contribution in [3.8, 4) is 5.75 Å². The molecule has 0 aliphatic carbocycles. The monoisotopic (exact) mass is 335 g/mol. The molecule has 0 radical (unpaired) electrons. The molecule has 118 valence electrons. The number of carbonyl (C=O) groups excluding carboxylic acids is 1. The lowest BCUT2D eigenvalue weighted by molar-refractivity contribution is -0.253. The standard InChI is InChI=1S/C12H9F4N3O2S/c13-10(14)12(15,16)21-8-4-2-1-3-7(8)5-17-19-11-18-9(20)6-22-11/h1-5,10H,6H2,(H,18,19,20). The molecule has 1 amide bonds. The van der Waals surface area contributed by atoms with Crippen molar-refractivity contribution in [2.75, 3.05) is 5.75 Å². The van der Waals surface area contributed by atoms with Crippen LogP contribution in [0.5, 0.6) is 5.75 Å². The van der Waals surface area contributed by atoms with Crippen LogP contribution in [0, 0.1) is 0 Å². The van der Waals surface area contributed by atoms with Crippen molar-refractivity contribution >= 4 is 29.1 Å². The van der Waals surface area contributed by atoms with E-state index in [1.165, 1.54) is 18.2 Å². The van der Waals surface area contributed by atoms with E-state index in [1.54, 1.807) is 0 Å². The lowest BCUT2D eigenvalue weighted by Gasteiger charge is -2.17. The molecule has 1 aromatic carbocycles. The van der Waals surface area contributed by atoms with E-state index >= 15 is 0 Å². The van der Waals surface area contributed by atoms with Gasteiger partial charge in [-0.25, -0.2) is 0 Å². The molecule has 1 saturated heterocycles. The number of nitrogens with zero attached hydrogens (tertiary/aromatic N) is 2. The van der Waals surface area contributed by atoms with Crippen LogP contribution in [-0.2, 0) is 4.79 Å². The van der Waals surface area contributed by atoms with Crippen molar-refractivity contribution in [3.63, 3.8) is 0 Å². The summed E-state index contributed by atoms with van der Waals surface area (Å²) in [4.78, 5) is 10.9. The first-order valence-corrected chi connectivity index (χ1v) is 6.85. The van der Waals surface area contributed by atoms with E-state index < -0.39 is 18.3 Å². The lowest BCUT2D eigenvalue weighted by Crippen LogP contribution is -2.33. The van der Waals surface area contributed by atoms with E-state index in [9.17, 15) is 22.4 Å². The van der Waals surface area contributed by atoms with Crippen molar-refractivity contribution in [1.29, 1.82) is 0 Å². The average Bonchev–Trinajstić information content (AvgIpc) is 2.86. The second kappa shape index (κ2) is 6.77. The fraction of sp³-hybridized carbons (Fsp3) is 0.250. The maximum atomic E-state index is 12.9. The molecular formula is C12H9F4N3O2S. The molecular weight excluding hydrogens is 326 g/mol. The predicted molar refractivity (Wildman–Crippen MR) is 73.7 cm³/mol. The molecule has 0 bridgehead atoms. The summed E-state index contributed by atoms with van der Waals surface area (Å²) in [5, 5.41) is 9.96. The van der Waals surface area contributed by atoms with Crippen LogP contribution in [-0.4, -0.2) is 35.6 Å². The molecule has 0 atom stereocenters. The number of hydrogen-bond donors (Lipinski definition) is 1. The number of amides is 1. The fourth-order valence-corrected chi connectivity index (χ4v) is 2.02. The summed E-state index contributed by atoms with van der Waals surface area (Å²) in [5.41, 5.74) is 0.0431. The summed E-state index contributed by atoms with van der Waals surface area (Å²) in [6.07, 6.45) is -7.50. The van der Waals surface area contributed by atoms with Crippen molar-refractivity contribution in [3.05, 3.63) is 29.8 Å². The van der Waals surface area contributed by atoms with Crippen LogP contribution in [0.4, 0.5) is 17.6 Å². The van der Waals surface area contributed by atoms with E-state index in [0.717, 1.165) is 24.0 Å². The van der Waals surface area contributed by atoms with Crippen LogP contribution in [0.25, 0.3) is 0 Å². The number of amidine groups is 1. The van der Waals surface area contributed by atoms with Crippen molar-refractivity contribution in [2.24, 2.45) is 10.2 Å².